The van der Waals surface area contributed by atoms with E-state index in [1.165, 1.54) is 11.8 Å². The Morgan fingerprint density at radius 3 is 2.81 bits per heavy atom. The molecule has 0 radical (unpaired) electrons. The largest absolute Gasteiger partial charge is 0.481 e. The molecule has 88 valence electrons. The van der Waals surface area contributed by atoms with Crippen LogP contribution in [0.4, 0.5) is 0 Å². The predicted octanol–water partition coefficient (Wildman–Crippen LogP) is 2.38. The van der Waals surface area contributed by atoms with Gasteiger partial charge >= 0.3 is 5.97 Å². The van der Waals surface area contributed by atoms with Crippen molar-refractivity contribution < 1.29 is 9.90 Å². The van der Waals surface area contributed by atoms with Gasteiger partial charge in [-0.1, -0.05) is 11.8 Å². The van der Waals surface area contributed by atoms with Crippen LogP contribution in [0.2, 0.25) is 0 Å². The molecule has 16 heavy (non-hydrogen) atoms. The van der Waals surface area contributed by atoms with Gasteiger partial charge < -0.3 is 5.11 Å². The van der Waals surface area contributed by atoms with E-state index < -0.39 is 11.4 Å². The first-order valence-electron chi connectivity index (χ1n) is 5.08. The number of carboxylic acid groups (broad SMARTS) is 1. The second-order valence-corrected chi connectivity index (χ2v) is 5.33. The molecular weight excluding hydrogens is 224 g/mol. The van der Waals surface area contributed by atoms with E-state index in [1.807, 2.05) is 13.0 Å². The Labute approximate surface area is 99.5 Å². The van der Waals surface area contributed by atoms with Crippen LogP contribution in [0.1, 0.15) is 26.0 Å². The number of aromatic nitrogens is 2. The maximum Gasteiger partial charge on any atom is 0.309 e. The number of carboxylic acids is 1. The average Bonchev–Trinajstić information content (AvgIpc) is 2.17. The minimum atomic E-state index is -0.765. The van der Waals surface area contributed by atoms with Crippen LogP contribution in [-0.2, 0) is 4.79 Å². The lowest BCUT2D eigenvalue weighted by atomic mass is 9.91. The quantitative estimate of drug-likeness (QED) is 0.632. The van der Waals surface area contributed by atoms with Crippen molar-refractivity contribution in [3.8, 4) is 0 Å². The van der Waals surface area contributed by atoms with Crippen molar-refractivity contribution in [3.63, 3.8) is 0 Å². The summed E-state index contributed by atoms with van der Waals surface area (Å²) in [5.41, 5.74) is 0.242. The molecule has 0 atom stereocenters. The van der Waals surface area contributed by atoms with Crippen molar-refractivity contribution in [3.05, 3.63) is 18.0 Å². The minimum Gasteiger partial charge on any atom is -0.481 e. The molecule has 1 aromatic rings. The number of nitrogens with zero attached hydrogens (tertiary/aromatic N) is 2. The molecule has 1 aromatic heterocycles. The van der Waals surface area contributed by atoms with Gasteiger partial charge in [-0.25, -0.2) is 9.97 Å². The van der Waals surface area contributed by atoms with Crippen LogP contribution in [0.5, 0.6) is 0 Å². The zero-order chi connectivity index (χ0) is 12.2. The molecule has 0 bridgehead atoms. The SMILES string of the molecule is Cc1ccnc(SCCC(C)(C)C(=O)O)n1. The highest BCUT2D eigenvalue weighted by atomic mass is 32.2. The fourth-order valence-corrected chi connectivity index (χ4v) is 2.14. The highest BCUT2D eigenvalue weighted by molar-refractivity contribution is 7.99. The third kappa shape index (κ3) is 3.81. The smallest absolute Gasteiger partial charge is 0.309 e. The normalized spacial score (nSPS) is 11.4. The summed E-state index contributed by atoms with van der Waals surface area (Å²) < 4.78 is 0. The third-order valence-corrected chi connectivity index (χ3v) is 3.17. The van der Waals surface area contributed by atoms with E-state index in [0.717, 1.165) is 5.69 Å². The molecule has 5 heteroatoms. The lowest BCUT2D eigenvalue weighted by molar-refractivity contribution is -0.146. The predicted molar refractivity (Wildman–Crippen MR) is 63.5 cm³/mol. The molecule has 1 rings (SSSR count). The zero-order valence-electron chi connectivity index (χ0n) is 9.73. The van der Waals surface area contributed by atoms with Crippen molar-refractivity contribution in [2.24, 2.45) is 5.41 Å². The fourth-order valence-electron chi connectivity index (χ4n) is 1.000. The molecular formula is C11H16N2O2S. The van der Waals surface area contributed by atoms with Gasteiger partial charge in [-0.2, -0.15) is 0 Å². The Kier molecular flexibility index (Phi) is 4.29. The van der Waals surface area contributed by atoms with Crippen molar-refractivity contribution in [1.29, 1.82) is 0 Å². The summed E-state index contributed by atoms with van der Waals surface area (Å²) in [4.78, 5) is 19.2. The van der Waals surface area contributed by atoms with Crippen LogP contribution in [0, 0.1) is 12.3 Å². The van der Waals surface area contributed by atoms with E-state index in [1.54, 1.807) is 20.0 Å². The van der Waals surface area contributed by atoms with Crippen molar-refractivity contribution in [2.45, 2.75) is 32.3 Å². The molecule has 0 amide bonds. The van der Waals surface area contributed by atoms with E-state index in [0.29, 0.717) is 17.3 Å². The number of hydrogen-bond acceptors (Lipinski definition) is 4. The molecule has 0 aliphatic carbocycles. The summed E-state index contributed by atoms with van der Waals surface area (Å²) >= 11 is 1.49. The second-order valence-electron chi connectivity index (χ2n) is 4.27. The van der Waals surface area contributed by atoms with Crippen molar-refractivity contribution in [2.75, 3.05) is 5.75 Å². The lowest BCUT2D eigenvalue weighted by Crippen LogP contribution is -2.24. The first kappa shape index (κ1) is 13.0. The summed E-state index contributed by atoms with van der Waals surface area (Å²) in [6.07, 6.45) is 2.32. The maximum absolute atomic E-state index is 10.9. The van der Waals surface area contributed by atoms with Crippen LogP contribution in [0.3, 0.4) is 0 Å². The Morgan fingerprint density at radius 1 is 1.56 bits per heavy atom. The second kappa shape index (κ2) is 5.30. The van der Waals surface area contributed by atoms with E-state index in [-0.39, 0.29) is 0 Å². The van der Waals surface area contributed by atoms with Gasteiger partial charge in [0.05, 0.1) is 5.41 Å². The Balaban J connectivity index is 2.45. The highest BCUT2D eigenvalue weighted by Crippen LogP contribution is 2.25. The van der Waals surface area contributed by atoms with Crippen LogP contribution in [0.25, 0.3) is 0 Å². The Bertz CT molecular complexity index is 380. The molecule has 1 N–H and O–H groups in total. The van der Waals surface area contributed by atoms with Gasteiger partial charge in [0.2, 0.25) is 0 Å². The van der Waals surface area contributed by atoms with Gasteiger partial charge in [0.25, 0.3) is 0 Å². The van der Waals surface area contributed by atoms with E-state index in [4.69, 9.17) is 5.11 Å². The Morgan fingerprint density at radius 2 is 2.25 bits per heavy atom. The molecule has 1 heterocycles. The van der Waals surface area contributed by atoms with Crippen molar-refractivity contribution >= 4 is 17.7 Å². The summed E-state index contributed by atoms with van der Waals surface area (Å²) in [6.45, 7) is 5.37. The van der Waals surface area contributed by atoms with Gasteiger partial charge in [-0.3, -0.25) is 4.79 Å². The summed E-state index contributed by atoms with van der Waals surface area (Å²) in [5.74, 6) is -0.0544. The minimum absolute atomic E-state index is 0.601. The van der Waals surface area contributed by atoms with Gasteiger partial charge in [-0.05, 0) is 33.3 Å². The molecule has 0 aliphatic heterocycles. The molecule has 0 aromatic carbocycles. The molecule has 0 spiro atoms. The Hall–Kier alpha value is -1.10. The standard InChI is InChI=1S/C11H16N2O2S/c1-8-4-6-12-10(13-8)16-7-5-11(2,3)9(14)15/h4,6H,5,7H2,1-3H3,(H,14,15). The van der Waals surface area contributed by atoms with E-state index in [9.17, 15) is 4.79 Å². The number of carbonyl (C=O) groups is 1. The number of aliphatic carboxylic acids is 1. The molecule has 0 fully saturated rings. The highest BCUT2D eigenvalue weighted by Gasteiger charge is 2.26. The number of aryl methyl sites for hydroxylation is 1. The third-order valence-electron chi connectivity index (χ3n) is 2.31. The molecule has 4 nitrogen and oxygen atoms in total. The average molecular weight is 240 g/mol. The van der Waals surface area contributed by atoms with Crippen LogP contribution in [-0.4, -0.2) is 26.8 Å². The molecule has 0 unspecified atom stereocenters. The molecule has 0 aliphatic rings. The first-order valence-corrected chi connectivity index (χ1v) is 6.06. The van der Waals surface area contributed by atoms with Gasteiger partial charge in [0.15, 0.2) is 5.16 Å². The number of thioether (sulfide) groups is 1. The number of rotatable bonds is 5. The van der Waals surface area contributed by atoms with Crippen LogP contribution in [0.15, 0.2) is 17.4 Å². The summed E-state index contributed by atoms with van der Waals surface area (Å²) in [7, 11) is 0. The molecule has 0 saturated carbocycles. The fraction of sp³-hybridized carbons (Fsp3) is 0.545. The van der Waals surface area contributed by atoms with Crippen LogP contribution < -0.4 is 0 Å². The topological polar surface area (TPSA) is 63.1 Å². The van der Waals surface area contributed by atoms with Gasteiger partial charge in [0, 0.05) is 17.6 Å². The van der Waals surface area contributed by atoms with E-state index in [2.05, 4.69) is 9.97 Å². The monoisotopic (exact) mass is 240 g/mol. The van der Waals surface area contributed by atoms with E-state index >= 15 is 0 Å². The van der Waals surface area contributed by atoms with Crippen LogP contribution >= 0.6 is 11.8 Å². The summed E-state index contributed by atoms with van der Waals surface area (Å²) in [6, 6.07) is 1.84. The molecule has 0 saturated heterocycles. The van der Waals surface area contributed by atoms with Crippen molar-refractivity contribution in [1.82, 2.24) is 9.97 Å². The van der Waals surface area contributed by atoms with Gasteiger partial charge in [0.1, 0.15) is 0 Å². The number of hydrogen-bond donors (Lipinski definition) is 1. The lowest BCUT2D eigenvalue weighted by Gasteiger charge is -2.17. The first-order chi connectivity index (χ1) is 7.42. The van der Waals surface area contributed by atoms with Gasteiger partial charge in [-0.15, -0.1) is 0 Å². The zero-order valence-corrected chi connectivity index (χ0v) is 10.5. The summed E-state index contributed by atoms with van der Waals surface area (Å²) in [5, 5.41) is 9.65. The maximum atomic E-state index is 10.9.